The summed E-state index contributed by atoms with van der Waals surface area (Å²) in [6.45, 7) is 0.620. The van der Waals surface area contributed by atoms with Crippen LogP contribution in [0.2, 0.25) is 0 Å². The van der Waals surface area contributed by atoms with E-state index in [-0.39, 0.29) is 37.3 Å². The molecule has 0 aliphatic carbocycles. The van der Waals surface area contributed by atoms with Crippen molar-refractivity contribution in [2.75, 3.05) is 19.6 Å². The molecule has 0 aromatic carbocycles. The molecule has 2 aliphatic rings. The van der Waals surface area contributed by atoms with E-state index in [0.29, 0.717) is 0 Å². The highest BCUT2D eigenvalue weighted by molar-refractivity contribution is 5.85. The standard InChI is InChI=1S/C9H14F2N2O.ClH/c10-9(11)3-5-13(6-9)8(14)7-2-1-4-12-7;/h7,12H,1-6H2;1H. The highest BCUT2D eigenvalue weighted by atomic mass is 35.5. The van der Waals surface area contributed by atoms with Gasteiger partial charge in [-0.05, 0) is 19.4 Å². The number of likely N-dealkylation sites (tertiary alicyclic amines) is 1. The van der Waals surface area contributed by atoms with Gasteiger partial charge in [-0.25, -0.2) is 8.78 Å². The minimum atomic E-state index is -2.67. The second kappa shape index (κ2) is 4.61. The predicted octanol–water partition coefficient (Wildman–Crippen LogP) is 1.03. The molecule has 2 heterocycles. The van der Waals surface area contributed by atoms with Crippen LogP contribution in [0.15, 0.2) is 0 Å². The summed E-state index contributed by atoms with van der Waals surface area (Å²) in [5.41, 5.74) is 0. The third-order valence-corrected chi connectivity index (χ3v) is 2.84. The Hall–Kier alpha value is -0.420. The topological polar surface area (TPSA) is 32.3 Å². The number of nitrogens with zero attached hydrogens (tertiary/aromatic N) is 1. The molecule has 6 heteroatoms. The molecule has 2 rings (SSSR count). The quantitative estimate of drug-likeness (QED) is 0.743. The number of carbonyl (C=O) groups is 1. The highest BCUT2D eigenvalue weighted by Crippen LogP contribution is 2.27. The summed E-state index contributed by atoms with van der Waals surface area (Å²) in [5.74, 6) is -2.83. The number of amides is 1. The Morgan fingerprint density at radius 3 is 2.67 bits per heavy atom. The molecule has 2 aliphatic heterocycles. The van der Waals surface area contributed by atoms with Gasteiger partial charge < -0.3 is 10.2 Å². The Bertz CT molecular complexity index is 244. The predicted molar refractivity (Wildman–Crippen MR) is 54.4 cm³/mol. The number of hydrogen-bond acceptors (Lipinski definition) is 2. The van der Waals surface area contributed by atoms with E-state index < -0.39 is 12.5 Å². The van der Waals surface area contributed by atoms with Crippen LogP contribution in [0, 0.1) is 0 Å². The number of alkyl halides is 2. The molecule has 88 valence electrons. The van der Waals surface area contributed by atoms with Gasteiger partial charge in [-0.15, -0.1) is 12.4 Å². The van der Waals surface area contributed by atoms with Crippen molar-refractivity contribution in [1.82, 2.24) is 10.2 Å². The molecule has 0 aromatic heterocycles. The third kappa shape index (κ3) is 2.78. The fourth-order valence-corrected chi connectivity index (χ4v) is 2.04. The average Bonchev–Trinajstić information content (AvgIpc) is 2.72. The normalized spacial score (nSPS) is 28.9. The monoisotopic (exact) mass is 240 g/mol. The lowest BCUT2D eigenvalue weighted by Crippen LogP contribution is -2.43. The van der Waals surface area contributed by atoms with Crippen molar-refractivity contribution in [3.8, 4) is 0 Å². The lowest BCUT2D eigenvalue weighted by molar-refractivity contribution is -0.133. The van der Waals surface area contributed by atoms with Crippen LogP contribution in [-0.4, -0.2) is 42.4 Å². The molecule has 2 fully saturated rings. The van der Waals surface area contributed by atoms with Crippen LogP contribution in [0.4, 0.5) is 8.78 Å². The molecule has 0 spiro atoms. The Balaban J connectivity index is 0.00000112. The first-order chi connectivity index (χ1) is 6.58. The number of hydrogen-bond donors (Lipinski definition) is 1. The zero-order valence-electron chi connectivity index (χ0n) is 8.34. The zero-order chi connectivity index (χ0) is 10.2. The van der Waals surface area contributed by atoms with Crippen molar-refractivity contribution < 1.29 is 13.6 Å². The van der Waals surface area contributed by atoms with Gasteiger partial charge in [0.2, 0.25) is 5.91 Å². The molecule has 1 atom stereocenters. The fourth-order valence-electron chi connectivity index (χ4n) is 2.04. The Morgan fingerprint density at radius 1 is 1.47 bits per heavy atom. The summed E-state index contributed by atoms with van der Waals surface area (Å²) in [4.78, 5) is 12.9. The van der Waals surface area contributed by atoms with Gasteiger partial charge in [-0.2, -0.15) is 0 Å². The molecule has 3 nitrogen and oxygen atoms in total. The van der Waals surface area contributed by atoms with Crippen LogP contribution in [0.25, 0.3) is 0 Å². The van der Waals surface area contributed by atoms with Gasteiger partial charge in [-0.1, -0.05) is 0 Å². The van der Waals surface area contributed by atoms with Crippen molar-refractivity contribution in [2.45, 2.75) is 31.2 Å². The molecule has 1 amide bonds. The maximum atomic E-state index is 12.8. The van der Waals surface area contributed by atoms with E-state index in [4.69, 9.17) is 0 Å². The van der Waals surface area contributed by atoms with Crippen molar-refractivity contribution >= 4 is 18.3 Å². The molecule has 1 N–H and O–H groups in total. The summed E-state index contributed by atoms with van der Waals surface area (Å²) >= 11 is 0. The van der Waals surface area contributed by atoms with Crippen LogP contribution in [0.3, 0.4) is 0 Å². The van der Waals surface area contributed by atoms with Crippen LogP contribution in [-0.2, 0) is 4.79 Å². The van der Waals surface area contributed by atoms with Crippen molar-refractivity contribution in [2.24, 2.45) is 0 Å². The first-order valence-electron chi connectivity index (χ1n) is 4.98. The van der Waals surface area contributed by atoms with Gasteiger partial charge in [0.1, 0.15) is 0 Å². The van der Waals surface area contributed by atoms with Crippen molar-refractivity contribution in [3.63, 3.8) is 0 Å². The van der Waals surface area contributed by atoms with E-state index in [9.17, 15) is 13.6 Å². The van der Waals surface area contributed by atoms with Gasteiger partial charge in [0.15, 0.2) is 0 Å². The number of carbonyl (C=O) groups excluding carboxylic acids is 1. The van der Waals surface area contributed by atoms with Gasteiger partial charge in [-0.3, -0.25) is 4.79 Å². The molecule has 1 unspecified atom stereocenters. The van der Waals surface area contributed by atoms with Crippen molar-refractivity contribution in [1.29, 1.82) is 0 Å². The summed E-state index contributed by atoms with van der Waals surface area (Å²) in [7, 11) is 0. The number of halogens is 3. The van der Waals surface area contributed by atoms with Gasteiger partial charge >= 0.3 is 0 Å². The molecule has 0 radical (unpaired) electrons. The van der Waals surface area contributed by atoms with E-state index in [1.807, 2.05) is 0 Å². The molecule has 0 saturated carbocycles. The fraction of sp³-hybridized carbons (Fsp3) is 0.889. The first kappa shape index (κ1) is 12.6. The minimum Gasteiger partial charge on any atom is -0.335 e. The lowest BCUT2D eigenvalue weighted by Gasteiger charge is -2.20. The summed E-state index contributed by atoms with van der Waals surface area (Å²) in [5, 5.41) is 3.02. The van der Waals surface area contributed by atoms with Crippen LogP contribution >= 0.6 is 12.4 Å². The van der Waals surface area contributed by atoms with Gasteiger partial charge in [0.25, 0.3) is 5.92 Å². The van der Waals surface area contributed by atoms with E-state index in [1.165, 1.54) is 4.90 Å². The largest absolute Gasteiger partial charge is 0.335 e. The lowest BCUT2D eigenvalue weighted by atomic mass is 10.2. The molecule has 2 saturated heterocycles. The maximum absolute atomic E-state index is 12.8. The third-order valence-electron chi connectivity index (χ3n) is 2.84. The minimum absolute atomic E-state index is 0. The molecular weight excluding hydrogens is 226 g/mol. The molecular formula is C9H15ClF2N2O. The summed E-state index contributed by atoms with van der Waals surface area (Å²) in [6, 6.07) is -0.219. The smallest absolute Gasteiger partial charge is 0.267 e. The van der Waals surface area contributed by atoms with E-state index in [0.717, 1.165) is 19.4 Å². The van der Waals surface area contributed by atoms with E-state index in [1.54, 1.807) is 0 Å². The van der Waals surface area contributed by atoms with Crippen LogP contribution in [0.5, 0.6) is 0 Å². The van der Waals surface area contributed by atoms with E-state index in [2.05, 4.69) is 5.32 Å². The van der Waals surface area contributed by atoms with Crippen LogP contribution in [0.1, 0.15) is 19.3 Å². The Kier molecular flexibility index (Phi) is 3.89. The van der Waals surface area contributed by atoms with E-state index >= 15 is 0 Å². The zero-order valence-corrected chi connectivity index (χ0v) is 9.16. The molecule has 0 bridgehead atoms. The Morgan fingerprint density at radius 2 is 2.20 bits per heavy atom. The van der Waals surface area contributed by atoms with Gasteiger partial charge in [0, 0.05) is 13.0 Å². The molecule has 15 heavy (non-hydrogen) atoms. The maximum Gasteiger partial charge on any atom is 0.267 e. The molecule has 0 aromatic rings. The Labute approximate surface area is 93.6 Å². The van der Waals surface area contributed by atoms with Crippen molar-refractivity contribution in [3.05, 3.63) is 0 Å². The summed E-state index contributed by atoms with van der Waals surface area (Å²) < 4.78 is 25.7. The first-order valence-corrected chi connectivity index (χ1v) is 4.98. The number of rotatable bonds is 1. The van der Waals surface area contributed by atoms with Crippen LogP contribution < -0.4 is 5.32 Å². The number of nitrogens with one attached hydrogen (secondary N) is 1. The average molecular weight is 241 g/mol. The second-order valence-corrected chi connectivity index (χ2v) is 4.01. The SMILES string of the molecule is Cl.O=C(C1CCCN1)N1CCC(F)(F)C1. The van der Waals surface area contributed by atoms with Gasteiger partial charge in [0.05, 0.1) is 12.6 Å². The second-order valence-electron chi connectivity index (χ2n) is 4.01. The highest BCUT2D eigenvalue weighted by Gasteiger charge is 2.42. The summed E-state index contributed by atoms with van der Waals surface area (Å²) in [6.07, 6.45) is 1.55.